The second-order valence-electron chi connectivity index (χ2n) is 2.83. The topological polar surface area (TPSA) is 46.5 Å². The van der Waals surface area contributed by atoms with E-state index >= 15 is 0 Å². The number of hydrogen-bond acceptors (Lipinski definition) is 2. The van der Waals surface area contributed by atoms with Crippen LogP contribution in [-0.4, -0.2) is 17.2 Å². The molecular formula is C11H12O3. The van der Waals surface area contributed by atoms with Gasteiger partial charge in [0.1, 0.15) is 11.9 Å². The van der Waals surface area contributed by atoms with Gasteiger partial charge in [0.05, 0.1) is 0 Å². The van der Waals surface area contributed by atoms with Crippen LogP contribution >= 0.6 is 0 Å². The third kappa shape index (κ3) is 3.76. The van der Waals surface area contributed by atoms with E-state index in [1.807, 2.05) is 30.3 Å². The van der Waals surface area contributed by atoms with Crippen LogP contribution in [-0.2, 0) is 4.79 Å². The first kappa shape index (κ1) is 10.3. The minimum Gasteiger partial charge on any atom is -0.487 e. The van der Waals surface area contributed by atoms with Crippen molar-refractivity contribution in [3.8, 4) is 5.75 Å². The Labute approximate surface area is 82.6 Å². The van der Waals surface area contributed by atoms with E-state index in [2.05, 4.69) is 0 Å². The van der Waals surface area contributed by atoms with Crippen LogP contribution in [0.15, 0.2) is 42.5 Å². The van der Waals surface area contributed by atoms with E-state index in [1.165, 1.54) is 6.08 Å². The summed E-state index contributed by atoms with van der Waals surface area (Å²) < 4.78 is 5.41. The molecule has 1 atom stereocenters. The molecule has 1 unspecified atom stereocenters. The molecule has 0 spiro atoms. The van der Waals surface area contributed by atoms with E-state index < -0.39 is 5.97 Å². The first-order valence-corrected chi connectivity index (χ1v) is 4.31. The zero-order valence-electron chi connectivity index (χ0n) is 7.88. The van der Waals surface area contributed by atoms with E-state index in [1.54, 1.807) is 6.92 Å². The van der Waals surface area contributed by atoms with E-state index in [9.17, 15) is 4.79 Å². The molecule has 1 N–H and O–H groups in total. The van der Waals surface area contributed by atoms with Gasteiger partial charge in [0, 0.05) is 6.08 Å². The summed E-state index contributed by atoms with van der Waals surface area (Å²) in [6.07, 6.45) is 2.33. The third-order valence-electron chi connectivity index (χ3n) is 1.57. The fourth-order valence-electron chi connectivity index (χ4n) is 0.971. The van der Waals surface area contributed by atoms with Crippen molar-refractivity contribution in [3.63, 3.8) is 0 Å². The van der Waals surface area contributed by atoms with Gasteiger partial charge in [0.2, 0.25) is 0 Å². The number of benzene rings is 1. The van der Waals surface area contributed by atoms with Crippen LogP contribution in [0.4, 0.5) is 0 Å². The van der Waals surface area contributed by atoms with Gasteiger partial charge in [0.25, 0.3) is 0 Å². The Balaban J connectivity index is 2.49. The van der Waals surface area contributed by atoms with Crippen LogP contribution in [0.5, 0.6) is 5.75 Å². The van der Waals surface area contributed by atoms with Gasteiger partial charge in [-0.05, 0) is 25.1 Å². The van der Waals surface area contributed by atoms with Gasteiger partial charge in [-0.25, -0.2) is 4.79 Å². The summed E-state index contributed by atoms with van der Waals surface area (Å²) in [6.45, 7) is 1.78. The van der Waals surface area contributed by atoms with Gasteiger partial charge in [0.15, 0.2) is 0 Å². The third-order valence-corrected chi connectivity index (χ3v) is 1.57. The average Bonchev–Trinajstić information content (AvgIpc) is 2.16. The van der Waals surface area contributed by atoms with Crippen LogP contribution in [0.2, 0.25) is 0 Å². The Hall–Kier alpha value is -1.77. The highest BCUT2D eigenvalue weighted by Crippen LogP contribution is 2.10. The zero-order valence-corrected chi connectivity index (χ0v) is 7.88. The summed E-state index contributed by atoms with van der Waals surface area (Å²) >= 11 is 0. The van der Waals surface area contributed by atoms with Gasteiger partial charge in [-0.3, -0.25) is 0 Å². The van der Waals surface area contributed by atoms with Crippen LogP contribution in [0.25, 0.3) is 0 Å². The van der Waals surface area contributed by atoms with Crippen molar-refractivity contribution in [2.75, 3.05) is 0 Å². The molecule has 1 aromatic carbocycles. The molecule has 1 rings (SSSR count). The van der Waals surface area contributed by atoms with Gasteiger partial charge in [-0.15, -0.1) is 0 Å². The van der Waals surface area contributed by atoms with E-state index in [-0.39, 0.29) is 6.10 Å². The van der Waals surface area contributed by atoms with Crippen LogP contribution in [0.3, 0.4) is 0 Å². The van der Waals surface area contributed by atoms with Gasteiger partial charge in [-0.1, -0.05) is 18.2 Å². The second-order valence-corrected chi connectivity index (χ2v) is 2.83. The molecule has 1 aromatic rings. The van der Waals surface area contributed by atoms with Crippen molar-refractivity contribution in [1.82, 2.24) is 0 Å². The lowest BCUT2D eigenvalue weighted by molar-refractivity contribution is -0.131. The van der Waals surface area contributed by atoms with Gasteiger partial charge in [-0.2, -0.15) is 0 Å². The number of carbonyl (C=O) groups is 1. The lowest BCUT2D eigenvalue weighted by Crippen LogP contribution is -2.08. The lowest BCUT2D eigenvalue weighted by atomic mass is 10.3. The Morgan fingerprint density at radius 2 is 2.07 bits per heavy atom. The number of carboxylic acids is 1. The predicted octanol–water partition coefficient (Wildman–Crippen LogP) is 2.09. The maximum atomic E-state index is 10.2. The molecule has 0 aliphatic rings. The highest BCUT2D eigenvalue weighted by molar-refractivity contribution is 5.79. The molecule has 3 heteroatoms. The Kier molecular flexibility index (Phi) is 3.73. The van der Waals surface area contributed by atoms with Crippen molar-refractivity contribution in [1.29, 1.82) is 0 Å². The monoisotopic (exact) mass is 192 g/mol. The Bertz CT molecular complexity index is 317. The molecule has 3 nitrogen and oxygen atoms in total. The van der Waals surface area contributed by atoms with E-state index in [4.69, 9.17) is 9.84 Å². The average molecular weight is 192 g/mol. The summed E-state index contributed by atoms with van der Waals surface area (Å²) in [5.41, 5.74) is 0. The number of hydrogen-bond donors (Lipinski definition) is 1. The van der Waals surface area contributed by atoms with Crippen molar-refractivity contribution in [2.24, 2.45) is 0 Å². The SMILES string of the molecule is CC(/C=C/C(=O)O)Oc1ccccc1. The number of rotatable bonds is 4. The van der Waals surface area contributed by atoms with Gasteiger partial charge >= 0.3 is 5.97 Å². The summed E-state index contributed by atoms with van der Waals surface area (Å²) in [4.78, 5) is 10.2. The van der Waals surface area contributed by atoms with Crippen LogP contribution in [0.1, 0.15) is 6.92 Å². The number of carboxylic acid groups (broad SMARTS) is 1. The molecule has 0 saturated heterocycles. The lowest BCUT2D eigenvalue weighted by Gasteiger charge is -2.09. The van der Waals surface area contributed by atoms with Crippen molar-refractivity contribution in [3.05, 3.63) is 42.5 Å². The minimum absolute atomic E-state index is 0.242. The molecule has 0 aliphatic heterocycles. The largest absolute Gasteiger partial charge is 0.487 e. The Morgan fingerprint density at radius 3 is 2.64 bits per heavy atom. The standard InChI is InChI=1S/C11H12O3/c1-9(7-8-11(12)13)14-10-5-3-2-4-6-10/h2-9H,1H3,(H,12,13)/b8-7+. The molecule has 14 heavy (non-hydrogen) atoms. The molecule has 0 heterocycles. The van der Waals surface area contributed by atoms with Crippen LogP contribution < -0.4 is 4.74 Å². The Morgan fingerprint density at radius 1 is 1.43 bits per heavy atom. The maximum absolute atomic E-state index is 10.2. The zero-order chi connectivity index (χ0) is 10.4. The fraction of sp³-hybridized carbons (Fsp3) is 0.182. The van der Waals surface area contributed by atoms with E-state index in [0.29, 0.717) is 0 Å². The van der Waals surface area contributed by atoms with Crippen molar-refractivity contribution >= 4 is 5.97 Å². The second kappa shape index (κ2) is 5.07. The predicted molar refractivity (Wildman–Crippen MR) is 53.3 cm³/mol. The molecule has 0 aliphatic carbocycles. The highest BCUT2D eigenvalue weighted by Gasteiger charge is 1.98. The van der Waals surface area contributed by atoms with Crippen LogP contribution in [0, 0.1) is 0 Å². The maximum Gasteiger partial charge on any atom is 0.328 e. The van der Waals surface area contributed by atoms with Crippen molar-refractivity contribution in [2.45, 2.75) is 13.0 Å². The highest BCUT2D eigenvalue weighted by atomic mass is 16.5. The molecule has 0 radical (unpaired) electrons. The number of ether oxygens (including phenoxy) is 1. The summed E-state index contributed by atoms with van der Waals surface area (Å²) in [6, 6.07) is 9.27. The molecule has 0 bridgehead atoms. The smallest absolute Gasteiger partial charge is 0.328 e. The van der Waals surface area contributed by atoms with E-state index in [0.717, 1.165) is 11.8 Å². The first-order chi connectivity index (χ1) is 6.68. The number of para-hydroxylation sites is 1. The van der Waals surface area contributed by atoms with Crippen molar-refractivity contribution < 1.29 is 14.6 Å². The fourth-order valence-corrected chi connectivity index (χ4v) is 0.971. The summed E-state index contributed by atoms with van der Waals surface area (Å²) in [5.74, 6) is -0.233. The van der Waals surface area contributed by atoms with Gasteiger partial charge < -0.3 is 9.84 Å². The minimum atomic E-state index is -0.964. The first-order valence-electron chi connectivity index (χ1n) is 4.31. The molecule has 0 saturated carbocycles. The summed E-state index contributed by atoms with van der Waals surface area (Å²) in [7, 11) is 0. The molecule has 0 fully saturated rings. The molecule has 74 valence electrons. The normalized spacial score (nSPS) is 12.6. The quantitative estimate of drug-likeness (QED) is 0.743. The molecular weight excluding hydrogens is 180 g/mol. The number of aliphatic carboxylic acids is 1. The molecule has 0 aromatic heterocycles. The summed E-state index contributed by atoms with van der Waals surface area (Å²) in [5, 5.41) is 8.39. The molecule has 0 amide bonds.